The Labute approximate surface area is 197 Å². The molecular weight excluding hydrogens is 455 g/mol. The summed E-state index contributed by atoms with van der Waals surface area (Å²) in [5, 5.41) is 0.834. The quantitative estimate of drug-likeness (QED) is 0.600. The maximum Gasteiger partial charge on any atom is 0.254 e. The first-order valence-electron chi connectivity index (χ1n) is 10.2. The van der Waals surface area contributed by atoms with Gasteiger partial charge in [0, 0.05) is 48.2 Å². The highest BCUT2D eigenvalue weighted by molar-refractivity contribution is 6.35. The minimum atomic E-state index is -0.142. The molecule has 0 N–H and O–H groups in total. The van der Waals surface area contributed by atoms with Gasteiger partial charge in [-0.25, -0.2) is 0 Å². The van der Waals surface area contributed by atoms with E-state index in [2.05, 4.69) is 0 Å². The van der Waals surface area contributed by atoms with Crippen molar-refractivity contribution in [2.24, 2.45) is 0 Å². The van der Waals surface area contributed by atoms with E-state index in [0.29, 0.717) is 71.9 Å². The van der Waals surface area contributed by atoms with E-state index >= 15 is 0 Å². The van der Waals surface area contributed by atoms with Crippen LogP contribution in [-0.4, -0.2) is 69.1 Å². The number of carbonyl (C=O) groups is 2. The smallest absolute Gasteiger partial charge is 0.254 e. The number of amides is 2. The Balaban J connectivity index is 1.58. The van der Waals surface area contributed by atoms with Crippen molar-refractivity contribution < 1.29 is 23.8 Å². The van der Waals surface area contributed by atoms with Gasteiger partial charge in [-0.1, -0.05) is 29.3 Å². The molecular formula is C23H26Cl2N2O5. The number of methoxy groups -OCH3 is 3. The fraction of sp³-hybridized carbons (Fsp3) is 0.391. The first-order valence-corrected chi connectivity index (χ1v) is 10.9. The van der Waals surface area contributed by atoms with Crippen molar-refractivity contribution in [2.75, 3.05) is 47.5 Å². The number of hydrogen-bond donors (Lipinski definition) is 0. The van der Waals surface area contributed by atoms with Gasteiger partial charge < -0.3 is 24.0 Å². The molecule has 0 spiro atoms. The van der Waals surface area contributed by atoms with Crippen LogP contribution in [0.3, 0.4) is 0 Å². The highest BCUT2D eigenvalue weighted by Gasteiger charge is 2.25. The van der Waals surface area contributed by atoms with E-state index in [1.165, 1.54) is 0 Å². The number of nitrogens with zero attached hydrogens (tertiary/aromatic N) is 2. The van der Waals surface area contributed by atoms with Gasteiger partial charge >= 0.3 is 0 Å². The predicted molar refractivity (Wildman–Crippen MR) is 123 cm³/mol. The van der Waals surface area contributed by atoms with Gasteiger partial charge in [-0.3, -0.25) is 9.59 Å². The molecule has 2 amide bonds. The second kappa shape index (κ2) is 10.8. The largest absolute Gasteiger partial charge is 0.493 e. The number of carbonyl (C=O) groups excluding carboxylic acids is 2. The molecule has 0 aromatic heterocycles. The number of piperazine rings is 1. The number of hydrogen-bond acceptors (Lipinski definition) is 5. The lowest BCUT2D eigenvalue weighted by molar-refractivity contribution is -0.132. The fourth-order valence-electron chi connectivity index (χ4n) is 3.78. The molecule has 2 aromatic carbocycles. The summed E-state index contributed by atoms with van der Waals surface area (Å²) in [7, 11) is 4.67. The van der Waals surface area contributed by atoms with Crippen molar-refractivity contribution in [3.8, 4) is 17.2 Å². The van der Waals surface area contributed by atoms with Gasteiger partial charge in [0.05, 0.1) is 21.3 Å². The van der Waals surface area contributed by atoms with Crippen LogP contribution >= 0.6 is 23.2 Å². The zero-order valence-electron chi connectivity index (χ0n) is 18.3. The molecule has 0 saturated carbocycles. The molecule has 1 saturated heterocycles. The van der Waals surface area contributed by atoms with Crippen LogP contribution in [0.5, 0.6) is 17.2 Å². The third-order valence-electron chi connectivity index (χ3n) is 5.42. The molecule has 1 aliphatic rings. The predicted octanol–water partition coefficient (Wildman–Crippen LogP) is 3.94. The van der Waals surface area contributed by atoms with Crippen LogP contribution in [0, 0.1) is 0 Å². The molecule has 2 aromatic rings. The van der Waals surface area contributed by atoms with Crippen molar-refractivity contribution in [1.29, 1.82) is 0 Å². The lowest BCUT2D eigenvalue weighted by Crippen LogP contribution is -2.50. The Morgan fingerprint density at radius 2 is 1.44 bits per heavy atom. The zero-order valence-corrected chi connectivity index (χ0v) is 19.8. The molecule has 0 bridgehead atoms. The van der Waals surface area contributed by atoms with Crippen molar-refractivity contribution in [3.63, 3.8) is 0 Å². The van der Waals surface area contributed by atoms with Crippen molar-refractivity contribution in [2.45, 2.75) is 12.8 Å². The third-order valence-corrected chi connectivity index (χ3v) is 5.86. The SMILES string of the molecule is COc1ccc(CCC(=O)N2CCN(C(=O)c3cc(Cl)cc(Cl)c3)CC2)c(OC)c1OC. The van der Waals surface area contributed by atoms with E-state index in [4.69, 9.17) is 37.4 Å². The lowest BCUT2D eigenvalue weighted by Gasteiger charge is -2.35. The minimum absolute atomic E-state index is 0.0275. The van der Waals surface area contributed by atoms with Gasteiger partial charge in [0.1, 0.15) is 0 Å². The Morgan fingerprint density at radius 3 is 2.00 bits per heavy atom. The minimum Gasteiger partial charge on any atom is -0.493 e. The fourth-order valence-corrected chi connectivity index (χ4v) is 4.30. The highest BCUT2D eigenvalue weighted by atomic mass is 35.5. The molecule has 7 nitrogen and oxygen atoms in total. The number of halogens is 2. The normalized spacial score (nSPS) is 13.7. The van der Waals surface area contributed by atoms with Gasteiger partial charge in [-0.15, -0.1) is 0 Å². The highest BCUT2D eigenvalue weighted by Crippen LogP contribution is 2.40. The van der Waals surface area contributed by atoms with E-state index < -0.39 is 0 Å². The average Bonchev–Trinajstić information content (AvgIpc) is 2.80. The van der Waals surface area contributed by atoms with Crippen LogP contribution in [0.25, 0.3) is 0 Å². The topological polar surface area (TPSA) is 68.3 Å². The monoisotopic (exact) mass is 480 g/mol. The third kappa shape index (κ3) is 5.40. The van der Waals surface area contributed by atoms with Crippen LogP contribution in [0.2, 0.25) is 10.0 Å². The van der Waals surface area contributed by atoms with E-state index in [1.54, 1.807) is 55.4 Å². The molecule has 0 atom stereocenters. The van der Waals surface area contributed by atoms with E-state index in [1.807, 2.05) is 6.07 Å². The second-order valence-electron chi connectivity index (χ2n) is 7.32. The summed E-state index contributed by atoms with van der Waals surface area (Å²) in [6, 6.07) is 8.46. The molecule has 1 fully saturated rings. The molecule has 1 heterocycles. The van der Waals surface area contributed by atoms with Gasteiger partial charge in [-0.05, 0) is 36.2 Å². The maximum atomic E-state index is 12.8. The maximum absolute atomic E-state index is 12.8. The van der Waals surface area contributed by atoms with Crippen molar-refractivity contribution in [1.82, 2.24) is 9.80 Å². The Morgan fingerprint density at radius 1 is 0.844 bits per heavy atom. The molecule has 1 aliphatic heterocycles. The molecule has 3 rings (SSSR count). The summed E-state index contributed by atoms with van der Waals surface area (Å²) >= 11 is 12.0. The van der Waals surface area contributed by atoms with E-state index in [9.17, 15) is 9.59 Å². The summed E-state index contributed by atoms with van der Waals surface area (Å²) in [5.41, 5.74) is 1.31. The summed E-state index contributed by atoms with van der Waals surface area (Å²) in [6.07, 6.45) is 0.826. The summed E-state index contributed by atoms with van der Waals surface area (Å²) < 4.78 is 16.2. The zero-order chi connectivity index (χ0) is 23.3. The number of aryl methyl sites for hydroxylation is 1. The van der Waals surface area contributed by atoms with Crippen LogP contribution in [0.15, 0.2) is 30.3 Å². The van der Waals surface area contributed by atoms with Crippen LogP contribution in [0.4, 0.5) is 0 Å². The Bertz CT molecular complexity index is 970. The van der Waals surface area contributed by atoms with Gasteiger partial charge in [0.2, 0.25) is 11.7 Å². The number of rotatable bonds is 7. The van der Waals surface area contributed by atoms with Crippen LogP contribution in [0.1, 0.15) is 22.3 Å². The van der Waals surface area contributed by atoms with Crippen molar-refractivity contribution >= 4 is 35.0 Å². The van der Waals surface area contributed by atoms with Crippen LogP contribution in [-0.2, 0) is 11.2 Å². The second-order valence-corrected chi connectivity index (χ2v) is 8.20. The number of benzene rings is 2. The molecule has 9 heteroatoms. The molecule has 0 unspecified atom stereocenters. The summed E-state index contributed by atoms with van der Waals surface area (Å²) in [5.74, 6) is 1.53. The summed E-state index contributed by atoms with van der Waals surface area (Å²) in [4.78, 5) is 29.0. The van der Waals surface area contributed by atoms with E-state index in [0.717, 1.165) is 5.56 Å². The van der Waals surface area contributed by atoms with Crippen LogP contribution < -0.4 is 14.2 Å². The molecule has 0 radical (unpaired) electrons. The molecule has 32 heavy (non-hydrogen) atoms. The van der Waals surface area contributed by atoms with Gasteiger partial charge in [-0.2, -0.15) is 0 Å². The van der Waals surface area contributed by atoms with Gasteiger partial charge in [0.25, 0.3) is 5.91 Å². The van der Waals surface area contributed by atoms with Crippen molar-refractivity contribution in [3.05, 3.63) is 51.5 Å². The molecule has 172 valence electrons. The average molecular weight is 481 g/mol. The molecule has 0 aliphatic carbocycles. The van der Waals surface area contributed by atoms with Gasteiger partial charge in [0.15, 0.2) is 11.5 Å². The Kier molecular flexibility index (Phi) is 8.10. The Hall–Kier alpha value is -2.64. The number of ether oxygens (including phenoxy) is 3. The lowest BCUT2D eigenvalue weighted by atomic mass is 10.1. The first-order chi connectivity index (χ1) is 15.4. The van der Waals surface area contributed by atoms with E-state index in [-0.39, 0.29) is 11.8 Å². The summed E-state index contributed by atoms with van der Waals surface area (Å²) in [6.45, 7) is 1.85. The standard InChI is InChI=1S/C23H26Cl2N2O5/c1-30-19-6-4-15(21(31-2)22(19)32-3)5-7-20(28)26-8-10-27(11-9-26)23(29)16-12-17(24)14-18(25)13-16/h4,6,12-14H,5,7-11H2,1-3H3. The first kappa shape index (κ1) is 24.0.